The van der Waals surface area contributed by atoms with E-state index >= 15 is 0 Å². The summed E-state index contributed by atoms with van der Waals surface area (Å²) in [6.45, 7) is 2.73. The zero-order valence-electron chi connectivity index (χ0n) is 22.9. The molecule has 7 rings (SSSR count). The quantitative estimate of drug-likeness (QED) is 0.306. The van der Waals surface area contributed by atoms with Crippen LogP contribution in [0, 0.1) is 0 Å². The van der Waals surface area contributed by atoms with Gasteiger partial charge in [-0.15, -0.1) is 0 Å². The maximum Gasteiger partial charge on any atom is 0.414 e. The van der Waals surface area contributed by atoms with E-state index in [0.29, 0.717) is 5.65 Å². The predicted molar refractivity (Wildman–Crippen MR) is 159 cm³/mol. The van der Waals surface area contributed by atoms with Crippen LogP contribution in [0.1, 0.15) is 24.4 Å². The van der Waals surface area contributed by atoms with E-state index in [0.717, 1.165) is 71.4 Å². The van der Waals surface area contributed by atoms with Crippen molar-refractivity contribution in [3.05, 3.63) is 113 Å². The summed E-state index contributed by atoms with van der Waals surface area (Å²) in [6, 6.07) is 29.4. The first-order chi connectivity index (χ1) is 20.2. The third-order valence-corrected chi connectivity index (χ3v) is 8.07. The molecule has 0 spiro atoms. The van der Waals surface area contributed by atoms with Gasteiger partial charge in [0.25, 0.3) is 0 Å². The van der Waals surface area contributed by atoms with Crippen molar-refractivity contribution >= 4 is 22.2 Å². The number of aromatic nitrogens is 5. The molecule has 0 aliphatic carbocycles. The van der Waals surface area contributed by atoms with Crippen LogP contribution < -0.4 is 15.3 Å². The van der Waals surface area contributed by atoms with Crippen molar-refractivity contribution < 1.29 is 9.57 Å². The van der Waals surface area contributed by atoms with E-state index in [2.05, 4.69) is 75.5 Å². The van der Waals surface area contributed by atoms with Gasteiger partial charge in [0.05, 0.1) is 5.69 Å². The average Bonchev–Trinajstić information content (AvgIpc) is 3.37. The topological polar surface area (TPSA) is 79.9 Å². The van der Waals surface area contributed by atoms with Gasteiger partial charge in [-0.3, -0.25) is 9.47 Å². The molecular weight excluding hydrogens is 512 g/mol. The molecule has 0 unspecified atom stereocenters. The standard InChI is InChI=1S/C33H30N6O2/c1-41-38-18-6-10-29-32(38)36-33(40)39(29)27-15-19-37(20-16-27)22-23-11-13-25(14-12-23)30-28(24-7-3-2-4-8-24)21-26-9-5-17-34-31(26)35-30/h2-14,17-18,21,27H,15-16,19-20,22H2,1H3/p+1. The molecule has 1 aliphatic heterocycles. The molecule has 2 aromatic carbocycles. The molecule has 1 aliphatic rings. The third kappa shape index (κ3) is 4.76. The Bertz CT molecular complexity index is 1890. The predicted octanol–water partition coefficient (Wildman–Crippen LogP) is 4.79. The minimum Gasteiger partial charge on any atom is -0.339 e. The van der Waals surface area contributed by atoms with Crippen molar-refractivity contribution in [1.29, 1.82) is 0 Å². The number of fused-ring (bicyclic) bond motifs is 2. The maximum absolute atomic E-state index is 12.8. The molecule has 0 radical (unpaired) electrons. The molecule has 0 bridgehead atoms. The highest BCUT2D eigenvalue weighted by Gasteiger charge is 2.27. The fourth-order valence-electron chi connectivity index (χ4n) is 6.00. The average molecular weight is 544 g/mol. The van der Waals surface area contributed by atoms with E-state index in [9.17, 15) is 4.79 Å². The smallest absolute Gasteiger partial charge is 0.339 e. The van der Waals surface area contributed by atoms with Gasteiger partial charge in [0.1, 0.15) is 18.8 Å². The van der Waals surface area contributed by atoms with E-state index in [4.69, 9.17) is 9.82 Å². The van der Waals surface area contributed by atoms with Crippen LogP contribution in [0.4, 0.5) is 0 Å². The summed E-state index contributed by atoms with van der Waals surface area (Å²) in [5.74, 6) is 0. The van der Waals surface area contributed by atoms with Gasteiger partial charge in [-0.2, -0.15) is 4.98 Å². The van der Waals surface area contributed by atoms with Gasteiger partial charge in [-0.05, 0) is 59.0 Å². The van der Waals surface area contributed by atoms with Crippen LogP contribution in [0.2, 0.25) is 0 Å². The Hall–Kier alpha value is -4.82. The van der Waals surface area contributed by atoms with Crippen molar-refractivity contribution in [3.8, 4) is 22.4 Å². The van der Waals surface area contributed by atoms with Crippen molar-refractivity contribution in [3.63, 3.8) is 0 Å². The lowest BCUT2D eigenvalue weighted by Gasteiger charge is -2.32. The number of aromatic amines is 1. The van der Waals surface area contributed by atoms with Crippen molar-refractivity contribution in [1.82, 2.24) is 24.4 Å². The number of imidazole rings is 1. The van der Waals surface area contributed by atoms with Gasteiger partial charge in [0, 0.05) is 48.4 Å². The summed E-state index contributed by atoms with van der Waals surface area (Å²) in [4.78, 5) is 33.1. The second-order valence-electron chi connectivity index (χ2n) is 10.6. The molecule has 1 N–H and O–H groups in total. The number of nitrogens with zero attached hydrogens (tertiary/aromatic N) is 5. The molecule has 1 fully saturated rings. The first kappa shape index (κ1) is 25.2. The molecule has 8 nitrogen and oxygen atoms in total. The Labute approximate surface area is 237 Å². The highest BCUT2D eigenvalue weighted by Crippen LogP contribution is 2.33. The first-order valence-corrected chi connectivity index (χ1v) is 14.0. The Balaban J connectivity index is 1.09. The Kier molecular flexibility index (Phi) is 6.53. The molecule has 5 heterocycles. The van der Waals surface area contributed by atoms with E-state index in [-0.39, 0.29) is 11.7 Å². The monoisotopic (exact) mass is 543 g/mol. The molecule has 41 heavy (non-hydrogen) atoms. The molecule has 0 amide bonds. The molecular formula is C33H31N6O2+. The number of likely N-dealkylation sites (tertiary alicyclic amines) is 1. The number of pyridine rings is 3. The molecule has 0 atom stereocenters. The summed E-state index contributed by atoms with van der Waals surface area (Å²) in [5, 5.41) is 1.03. The minimum atomic E-state index is -0.0848. The largest absolute Gasteiger partial charge is 0.414 e. The first-order valence-electron chi connectivity index (χ1n) is 14.0. The van der Waals surface area contributed by atoms with Gasteiger partial charge >= 0.3 is 11.3 Å². The van der Waals surface area contributed by atoms with Crippen LogP contribution in [0.3, 0.4) is 0 Å². The Morgan fingerprint density at radius 3 is 2.54 bits per heavy atom. The normalized spacial score (nSPS) is 14.6. The van der Waals surface area contributed by atoms with Gasteiger partial charge < -0.3 is 4.84 Å². The molecule has 204 valence electrons. The summed E-state index contributed by atoms with van der Waals surface area (Å²) < 4.78 is 3.49. The van der Waals surface area contributed by atoms with Crippen LogP contribution >= 0.6 is 0 Å². The SMILES string of the molecule is CO[n+]1cccc2c1[nH]c(=O)n2C1CCN(Cc2ccc(-c3nc4ncccc4cc3-c3ccccc3)cc2)CC1. The Morgan fingerprint density at radius 2 is 1.76 bits per heavy atom. The third-order valence-electron chi connectivity index (χ3n) is 8.07. The molecule has 8 heteroatoms. The van der Waals surface area contributed by atoms with Crippen molar-refractivity contribution in [2.24, 2.45) is 0 Å². The Morgan fingerprint density at radius 1 is 0.951 bits per heavy atom. The zero-order chi connectivity index (χ0) is 27.8. The van der Waals surface area contributed by atoms with Crippen molar-refractivity contribution in [2.45, 2.75) is 25.4 Å². The van der Waals surface area contributed by atoms with Crippen LogP contribution in [-0.2, 0) is 6.54 Å². The van der Waals surface area contributed by atoms with E-state index < -0.39 is 0 Å². The summed E-state index contributed by atoms with van der Waals surface area (Å²) >= 11 is 0. The number of piperidine rings is 1. The van der Waals surface area contributed by atoms with Gasteiger partial charge in [-0.1, -0.05) is 54.6 Å². The number of nitrogens with one attached hydrogen (secondary N) is 1. The lowest BCUT2D eigenvalue weighted by molar-refractivity contribution is -0.866. The van der Waals surface area contributed by atoms with E-state index in [1.807, 2.05) is 28.8 Å². The van der Waals surface area contributed by atoms with E-state index in [1.165, 1.54) is 5.56 Å². The second kappa shape index (κ2) is 10.6. The van der Waals surface area contributed by atoms with Crippen LogP contribution in [0.5, 0.6) is 0 Å². The zero-order valence-corrected chi connectivity index (χ0v) is 22.9. The summed E-state index contributed by atoms with van der Waals surface area (Å²) in [6.07, 6.45) is 5.42. The number of hydrogen-bond donors (Lipinski definition) is 1. The van der Waals surface area contributed by atoms with Gasteiger partial charge in [-0.25, -0.2) is 14.8 Å². The second-order valence-corrected chi connectivity index (χ2v) is 10.6. The highest BCUT2D eigenvalue weighted by molar-refractivity contribution is 5.90. The van der Waals surface area contributed by atoms with Crippen LogP contribution in [0.15, 0.2) is 102 Å². The molecule has 1 saturated heterocycles. The highest BCUT2D eigenvalue weighted by atomic mass is 16.6. The number of hydrogen-bond acceptors (Lipinski definition) is 5. The maximum atomic E-state index is 12.8. The lowest BCUT2D eigenvalue weighted by atomic mass is 9.97. The van der Waals surface area contributed by atoms with Crippen molar-refractivity contribution in [2.75, 3.05) is 20.2 Å². The molecule has 4 aromatic heterocycles. The van der Waals surface area contributed by atoms with E-state index in [1.54, 1.807) is 24.2 Å². The fourth-order valence-corrected chi connectivity index (χ4v) is 6.00. The number of benzene rings is 2. The van der Waals surface area contributed by atoms with Gasteiger partial charge in [0.15, 0.2) is 5.65 Å². The molecule has 0 saturated carbocycles. The molecule has 6 aromatic rings. The summed E-state index contributed by atoms with van der Waals surface area (Å²) in [7, 11) is 1.60. The fraction of sp³-hybridized carbons (Fsp3) is 0.212. The number of H-pyrrole nitrogens is 1. The van der Waals surface area contributed by atoms with Crippen LogP contribution in [0.25, 0.3) is 44.6 Å². The lowest BCUT2D eigenvalue weighted by Crippen LogP contribution is -2.41. The number of rotatable bonds is 6. The minimum absolute atomic E-state index is 0.0848. The summed E-state index contributed by atoms with van der Waals surface area (Å²) in [5.41, 5.74) is 7.75. The van der Waals surface area contributed by atoms with Crippen LogP contribution in [-0.4, -0.2) is 44.6 Å². The van der Waals surface area contributed by atoms with Gasteiger partial charge in [0.2, 0.25) is 0 Å².